The van der Waals surface area contributed by atoms with E-state index in [0.717, 1.165) is 27.8 Å². The molecule has 0 atom stereocenters. The van der Waals surface area contributed by atoms with E-state index in [1.807, 2.05) is 54.6 Å². The van der Waals surface area contributed by atoms with Crippen LogP contribution in [0.25, 0.3) is 22.2 Å². The van der Waals surface area contributed by atoms with Gasteiger partial charge in [-0.3, -0.25) is 4.98 Å². The number of aromatic nitrogens is 3. The number of hydrogen-bond donors (Lipinski definition) is 1. The maximum Gasteiger partial charge on any atom is 0.258 e. The molecule has 0 spiro atoms. The van der Waals surface area contributed by atoms with Crippen molar-refractivity contribution in [3.8, 4) is 17.2 Å². The Kier molecular flexibility index (Phi) is 4.10. The highest BCUT2D eigenvalue weighted by molar-refractivity contribution is 5.88. The van der Waals surface area contributed by atoms with Gasteiger partial charge in [-0.1, -0.05) is 41.6 Å². The van der Waals surface area contributed by atoms with Crippen molar-refractivity contribution in [2.24, 2.45) is 5.73 Å². The van der Waals surface area contributed by atoms with Gasteiger partial charge < -0.3 is 15.0 Å². The quantitative estimate of drug-likeness (QED) is 0.603. The maximum atomic E-state index is 5.88. The van der Waals surface area contributed by atoms with E-state index in [0.29, 0.717) is 18.3 Å². The van der Waals surface area contributed by atoms with Crippen molar-refractivity contribution < 1.29 is 9.26 Å². The molecule has 6 nitrogen and oxygen atoms in total. The lowest BCUT2D eigenvalue weighted by atomic mass is 10.1. The fourth-order valence-electron chi connectivity index (χ4n) is 2.62. The van der Waals surface area contributed by atoms with Crippen molar-refractivity contribution in [2.45, 2.75) is 13.2 Å². The molecule has 0 fully saturated rings. The molecular formula is C19H16N4O2. The van der Waals surface area contributed by atoms with Crippen molar-refractivity contribution in [3.05, 3.63) is 72.3 Å². The lowest BCUT2D eigenvalue weighted by molar-refractivity contribution is 0.290. The zero-order valence-corrected chi connectivity index (χ0v) is 13.4. The summed E-state index contributed by atoms with van der Waals surface area (Å²) in [6, 6.07) is 17.6. The maximum absolute atomic E-state index is 5.88. The van der Waals surface area contributed by atoms with Gasteiger partial charge in [-0.25, -0.2) is 0 Å². The van der Waals surface area contributed by atoms with Crippen molar-refractivity contribution >= 4 is 10.8 Å². The molecule has 2 heterocycles. The number of nitrogens with zero attached hydrogens (tertiary/aromatic N) is 3. The van der Waals surface area contributed by atoms with Crippen LogP contribution in [0.2, 0.25) is 0 Å². The first-order valence-corrected chi connectivity index (χ1v) is 7.92. The van der Waals surface area contributed by atoms with E-state index in [1.165, 1.54) is 0 Å². The molecule has 0 bridgehead atoms. The van der Waals surface area contributed by atoms with Crippen LogP contribution in [0, 0.1) is 0 Å². The monoisotopic (exact) mass is 332 g/mol. The summed E-state index contributed by atoms with van der Waals surface area (Å²) in [5.41, 5.74) is 7.17. The second-order valence-corrected chi connectivity index (χ2v) is 5.52. The Morgan fingerprint density at radius 3 is 2.84 bits per heavy atom. The van der Waals surface area contributed by atoms with E-state index in [9.17, 15) is 0 Å². The first-order chi connectivity index (χ1) is 12.3. The van der Waals surface area contributed by atoms with Crippen LogP contribution in [0.3, 0.4) is 0 Å². The molecule has 2 N–H and O–H groups in total. The van der Waals surface area contributed by atoms with Crippen molar-refractivity contribution in [3.63, 3.8) is 0 Å². The zero-order chi connectivity index (χ0) is 17.1. The molecule has 0 saturated carbocycles. The number of ether oxygens (including phenoxy) is 1. The summed E-state index contributed by atoms with van der Waals surface area (Å²) in [5, 5.41) is 6.16. The summed E-state index contributed by atoms with van der Waals surface area (Å²) in [7, 11) is 0. The average Bonchev–Trinajstić information content (AvgIpc) is 3.15. The summed E-state index contributed by atoms with van der Waals surface area (Å²) in [5.74, 6) is 1.70. The van der Waals surface area contributed by atoms with E-state index < -0.39 is 0 Å². The third kappa shape index (κ3) is 3.20. The number of pyridine rings is 1. The van der Waals surface area contributed by atoms with Gasteiger partial charge in [0, 0.05) is 23.7 Å². The molecule has 0 radical (unpaired) electrons. The second-order valence-electron chi connectivity index (χ2n) is 5.52. The standard InChI is InChI=1S/C19H16N4O2/c20-11-15-10-14(8-9-21-15)19-22-18(23-25-19)12-24-17-7-3-5-13-4-1-2-6-16(13)17/h1-10H,11-12,20H2. The third-order valence-corrected chi connectivity index (χ3v) is 3.85. The van der Waals surface area contributed by atoms with Gasteiger partial charge in [0.05, 0.1) is 5.69 Å². The Hall–Kier alpha value is -3.25. The summed E-state index contributed by atoms with van der Waals surface area (Å²) in [4.78, 5) is 8.54. The average molecular weight is 332 g/mol. The van der Waals surface area contributed by atoms with E-state index in [1.54, 1.807) is 6.20 Å². The minimum atomic E-state index is 0.229. The molecule has 0 unspecified atom stereocenters. The first kappa shape index (κ1) is 15.3. The number of rotatable bonds is 5. The van der Waals surface area contributed by atoms with Gasteiger partial charge in [0.25, 0.3) is 5.89 Å². The lowest BCUT2D eigenvalue weighted by Crippen LogP contribution is -1.99. The summed E-state index contributed by atoms with van der Waals surface area (Å²) >= 11 is 0. The molecule has 0 aliphatic heterocycles. The molecule has 2 aromatic heterocycles. The Labute approximate surface area is 144 Å². The predicted molar refractivity (Wildman–Crippen MR) is 93.7 cm³/mol. The summed E-state index contributed by atoms with van der Waals surface area (Å²) < 4.78 is 11.2. The van der Waals surface area contributed by atoms with Crippen molar-refractivity contribution in [1.29, 1.82) is 0 Å². The van der Waals surface area contributed by atoms with Gasteiger partial charge in [-0.2, -0.15) is 4.98 Å². The smallest absolute Gasteiger partial charge is 0.258 e. The van der Waals surface area contributed by atoms with E-state index in [4.69, 9.17) is 15.0 Å². The van der Waals surface area contributed by atoms with Crippen LogP contribution < -0.4 is 10.5 Å². The zero-order valence-electron chi connectivity index (χ0n) is 13.4. The highest BCUT2D eigenvalue weighted by Crippen LogP contribution is 2.26. The molecule has 124 valence electrons. The molecule has 0 aliphatic carbocycles. The Morgan fingerprint density at radius 2 is 1.92 bits per heavy atom. The molecule has 0 saturated heterocycles. The fraction of sp³-hybridized carbons (Fsp3) is 0.105. The molecule has 0 amide bonds. The van der Waals surface area contributed by atoms with Crippen molar-refractivity contribution in [2.75, 3.05) is 0 Å². The normalized spacial score (nSPS) is 10.9. The molecule has 4 rings (SSSR count). The minimum absolute atomic E-state index is 0.229. The molecule has 0 aliphatic rings. The van der Waals surface area contributed by atoms with Gasteiger partial charge in [-0.05, 0) is 23.6 Å². The van der Waals surface area contributed by atoms with Gasteiger partial charge in [-0.15, -0.1) is 0 Å². The largest absolute Gasteiger partial charge is 0.485 e. The fourth-order valence-corrected chi connectivity index (χ4v) is 2.62. The van der Waals surface area contributed by atoms with Crippen LogP contribution in [-0.2, 0) is 13.2 Å². The molecule has 2 aromatic carbocycles. The van der Waals surface area contributed by atoms with Crippen LogP contribution in [-0.4, -0.2) is 15.1 Å². The first-order valence-electron chi connectivity index (χ1n) is 7.92. The SMILES string of the molecule is NCc1cc(-c2nc(COc3cccc4ccccc34)no2)ccn1. The topological polar surface area (TPSA) is 87.1 Å². The van der Waals surface area contributed by atoms with Crippen LogP contribution in [0.5, 0.6) is 5.75 Å². The van der Waals surface area contributed by atoms with E-state index >= 15 is 0 Å². The molecular weight excluding hydrogens is 316 g/mol. The predicted octanol–water partition coefficient (Wildman–Crippen LogP) is 3.32. The summed E-state index contributed by atoms with van der Waals surface area (Å²) in [6.45, 7) is 0.589. The Balaban J connectivity index is 1.53. The van der Waals surface area contributed by atoms with Crippen LogP contribution in [0.1, 0.15) is 11.5 Å². The minimum Gasteiger partial charge on any atom is -0.485 e. The lowest BCUT2D eigenvalue weighted by Gasteiger charge is -2.07. The number of benzene rings is 2. The van der Waals surface area contributed by atoms with Crippen molar-refractivity contribution in [1.82, 2.24) is 15.1 Å². The number of nitrogens with two attached hydrogens (primary N) is 1. The van der Waals surface area contributed by atoms with Gasteiger partial charge in [0.1, 0.15) is 5.75 Å². The number of hydrogen-bond acceptors (Lipinski definition) is 6. The van der Waals surface area contributed by atoms with Crippen LogP contribution in [0.15, 0.2) is 65.3 Å². The number of fused-ring (bicyclic) bond motifs is 1. The second kappa shape index (κ2) is 6.70. The van der Waals surface area contributed by atoms with E-state index in [2.05, 4.69) is 15.1 Å². The van der Waals surface area contributed by atoms with E-state index in [-0.39, 0.29) is 6.61 Å². The Morgan fingerprint density at radius 1 is 1.04 bits per heavy atom. The molecule has 4 aromatic rings. The highest BCUT2D eigenvalue weighted by Gasteiger charge is 2.11. The summed E-state index contributed by atoms with van der Waals surface area (Å²) in [6.07, 6.45) is 1.67. The van der Waals surface area contributed by atoms with Gasteiger partial charge >= 0.3 is 0 Å². The van der Waals surface area contributed by atoms with Crippen LogP contribution >= 0.6 is 0 Å². The van der Waals surface area contributed by atoms with Crippen LogP contribution in [0.4, 0.5) is 0 Å². The highest BCUT2D eigenvalue weighted by atomic mass is 16.5. The molecule has 25 heavy (non-hydrogen) atoms. The Bertz CT molecular complexity index is 1010. The third-order valence-electron chi connectivity index (χ3n) is 3.85. The van der Waals surface area contributed by atoms with Gasteiger partial charge in [0.15, 0.2) is 6.61 Å². The van der Waals surface area contributed by atoms with Gasteiger partial charge in [0.2, 0.25) is 5.82 Å². The molecule has 6 heteroatoms.